The van der Waals surface area contributed by atoms with E-state index in [0.29, 0.717) is 35.4 Å². The Morgan fingerprint density at radius 2 is 1.87 bits per heavy atom. The highest BCUT2D eigenvalue weighted by atomic mass is 32.2. The maximum atomic E-state index is 13.5. The highest BCUT2D eigenvalue weighted by Crippen LogP contribution is 2.42. The van der Waals surface area contributed by atoms with Gasteiger partial charge >= 0.3 is 18.3 Å². The van der Waals surface area contributed by atoms with Crippen molar-refractivity contribution in [2.75, 3.05) is 0 Å². The quantitative estimate of drug-likeness (QED) is 0.330. The van der Waals surface area contributed by atoms with Gasteiger partial charge in [-0.1, -0.05) is 12.1 Å². The van der Waals surface area contributed by atoms with E-state index in [-0.39, 0.29) is 21.7 Å². The monoisotopic (exact) mass is 554 g/mol. The molecule has 5 rings (SSSR count). The summed E-state index contributed by atoms with van der Waals surface area (Å²) < 4.78 is 80.7. The molecule has 2 aromatic carbocycles. The molecule has 198 valence electrons. The number of aromatic nitrogens is 2. The van der Waals surface area contributed by atoms with Gasteiger partial charge in [0.25, 0.3) is 5.91 Å². The molecule has 1 aliphatic carbocycles. The van der Waals surface area contributed by atoms with E-state index >= 15 is 0 Å². The lowest BCUT2D eigenvalue weighted by Gasteiger charge is -2.16. The largest absolute Gasteiger partial charge is 0.479 e. The van der Waals surface area contributed by atoms with Crippen LogP contribution in [0.5, 0.6) is 0 Å². The van der Waals surface area contributed by atoms with E-state index in [1.807, 2.05) is 0 Å². The predicted octanol–water partition coefficient (Wildman–Crippen LogP) is 5.30. The van der Waals surface area contributed by atoms with Crippen LogP contribution in [0.3, 0.4) is 0 Å². The minimum Gasteiger partial charge on any atom is -0.479 e. The fourth-order valence-electron chi connectivity index (χ4n) is 3.96. The third-order valence-electron chi connectivity index (χ3n) is 6.11. The Morgan fingerprint density at radius 1 is 1.13 bits per heavy atom. The molecular formula is C24H16F6N4O3S. The average Bonchev–Trinajstić information content (AvgIpc) is 3.39. The van der Waals surface area contributed by atoms with Crippen LogP contribution in [-0.2, 0) is 28.5 Å². The number of carboxylic acid groups (broad SMARTS) is 1. The number of nitrogens with zero attached hydrogens (tertiary/aromatic N) is 3. The zero-order valence-electron chi connectivity index (χ0n) is 19.0. The second-order valence-corrected chi connectivity index (χ2v) is 9.84. The number of fused-ring (bicyclic) bond motifs is 1. The summed E-state index contributed by atoms with van der Waals surface area (Å²) >= 11 is 0.997. The number of alkyl halides is 6. The van der Waals surface area contributed by atoms with Crippen molar-refractivity contribution in [2.45, 2.75) is 37.3 Å². The molecule has 1 saturated carbocycles. The second-order valence-electron chi connectivity index (χ2n) is 8.81. The van der Waals surface area contributed by atoms with Crippen LogP contribution in [0, 0.1) is 0 Å². The summed E-state index contributed by atoms with van der Waals surface area (Å²) in [5.41, 5.74) is -3.35. The lowest BCUT2D eigenvalue weighted by molar-refractivity contribution is -0.143. The molecule has 1 aromatic heterocycles. The fraction of sp³-hybridized carbons (Fsp3) is 0.250. The number of amidine groups is 1. The third kappa shape index (κ3) is 4.99. The van der Waals surface area contributed by atoms with Crippen LogP contribution in [0.4, 0.5) is 26.3 Å². The average molecular weight is 554 g/mol. The minimum atomic E-state index is -5.00. The van der Waals surface area contributed by atoms with Gasteiger partial charge in [-0.05, 0) is 66.1 Å². The summed E-state index contributed by atoms with van der Waals surface area (Å²) in [4.78, 5) is 28.1. The normalized spacial score (nSPS) is 19.4. The molecule has 2 heterocycles. The first-order valence-corrected chi connectivity index (χ1v) is 11.8. The van der Waals surface area contributed by atoms with Crippen LogP contribution in [0.1, 0.15) is 35.1 Å². The molecule has 2 N–H and O–H groups in total. The molecule has 14 heteroatoms. The van der Waals surface area contributed by atoms with Crippen molar-refractivity contribution in [1.82, 2.24) is 15.1 Å². The van der Waals surface area contributed by atoms with Gasteiger partial charge in [0, 0.05) is 5.39 Å². The molecule has 2 fully saturated rings. The first kappa shape index (κ1) is 25.8. The Kier molecular flexibility index (Phi) is 6.04. The van der Waals surface area contributed by atoms with Gasteiger partial charge in [0.15, 0.2) is 10.7 Å². The van der Waals surface area contributed by atoms with Crippen LogP contribution in [0.15, 0.2) is 52.5 Å². The number of rotatable bonds is 5. The van der Waals surface area contributed by atoms with Crippen LogP contribution in [0.2, 0.25) is 0 Å². The Morgan fingerprint density at radius 3 is 2.50 bits per heavy atom. The van der Waals surface area contributed by atoms with E-state index in [1.54, 1.807) is 24.3 Å². The number of hydrogen-bond donors (Lipinski definition) is 2. The van der Waals surface area contributed by atoms with Crippen molar-refractivity contribution in [3.8, 4) is 0 Å². The van der Waals surface area contributed by atoms with Crippen molar-refractivity contribution in [2.24, 2.45) is 4.99 Å². The highest BCUT2D eigenvalue weighted by Gasteiger charge is 2.51. The van der Waals surface area contributed by atoms with Crippen molar-refractivity contribution in [3.05, 3.63) is 69.8 Å². The Bertz CT molecular complexity index is 1540. The number of benzene rings is 2. The Hall–Kier alpha value is -3.81. The van der Waals surface area contributed by atoms with Gasteiger partial charge in [-0.15, -0.1) is 0 Å². The molecule has 2 aliphatic rings. The van der Waals surface area contributed by atoms with Gasteiger partial charge < -0.3 is 10.4 Å². The molecule has 3 aromatic rings. The molecule has 0 spiro atoms. The summed E-state index contributed by atoms with van der Waals surface area (Å²) in [6.45, 7) is -0.416. The van der Waals surface area contributed by atoms with Crippen molar-refractivity contribution >= 4 is 45.8 Å². The van der Waals surface area contributed by atoms with Gasteiger partial charge in [-0.3, -0.25) is 9.48 Å². The van der Waals surface area contributed by atoms with Gasteiger partial charge in [-0.25, -0.2) is 9.79 Å². The molecule has 1 amide bonds. The number of hydrogen-bond acceptors (Lipinski definition) is 5. The number of carbonyl (C=O) groups excluding carboxylic acids is 1. The molecule has 0 radical (unpaired) electrons. The first-order chi connectivity index (χ1) is 17.7. The first-order valence-electron chi connectivity index (χ1n) is 11.0. The molecular weight excluding hydrogens is 538 g/mol. The fourth-order valence-corrected chi connectivity index (χ4v) is 4.87. The summed E-state index contributed by atoms with van der Waals surface area (Å²) in [7, 11) is 0. The van der Waals surface area contributed by atoms with Gasteiger partial charge in [0.05, 0.1) is 34.3 Å². The number of amides is 1. The van der Waals surface area contributed by atoms with Crippen LogP contribution in [-0.4, -0.2) is 37.5 Å². The van der Waals surface area contributed by atoms with E-state index in [4.69, 9.17) is 0 Å². The zero-order valence-corrected chi connectivity index (χ0v) is 19.8. The predicted molar refractivity (Wildman–Crippen MR) is 126 cm³/mol. The van der Waals surface area contributed by atoms with Crippen LogP contribution < -0.4 is 5.32 Å². The van der Waals surface area contributed by atoms with Crippen molar-refractivity contribution in [3.63, 3.8) is 0 Å². The SMILES string of the molecule is O=C1NC(=NC2(C(=O)O)CC2)S/C1=C/c1ccc2c(cnn2Cc2ccc(C(F)(F)F)cc2C(F)(F)F)c1. The number of halogens is 6. The van der Waals surface area contributed by atoms with Crippen molar-refractivity contribution in [1.29, 1.82) is 0 Å². The smallest absolute Gasteiger partial charge is 0.416 e. The number of aliphatic carboxylic acids is 1. The number of carbonyl (C=O) groups is 2. The summed E-state index contributed by atoms with van der Waals surface area (Å²) in [6, 6.07) is 6.31. The second kappa shape index (κ2) is 8.89. The third-order valence-corrected chi connectivity index (χ3v) is 7.02. The molecule has 38 heavy (non-hydrogen) atoms. The molecule has 7 nitrogen and oxygen atoms in total. The molecule has 1 aliphatic heterocycles. The topological polar surface area (TPSA) is 96.6 Å². The minimum absolute atomic E-state index is 0.0920. The molecule has 1 saturated heterocycles. The maximum absolute atomic E-state index is 13.5. The van der Waals surface area contributed by atoms with Crippen LogP contribution >= 0.6 is 11.8 Å². The zero-order chi connectivity index (χ0) is 27.5. The molecule has 0 unspecified atom stereocenters. The lowest BCUT2D eigenvalue weighted by atomic mass is 10.0. The van der Waals surface area contributed by atoms with E-state index in [1.165, 1.54) is 10.9 Å². The molecule has 0 bridgehead atoms. The van der Waals surface area contributed by atoms with E-state index < -0.39 is 47.4 Å². The van der Waals surface area contributed by atoms with Gasteiger partial charge in [-0.2, -0.15) is 31.4 Å². The van der Waals surface area contributed by atoms with Crippen molar-refractivity contribution < 1.29 is 41.0 Å². The van der Waals surface area contributed by atoms with Crippen LogP contribution in [0.25, 0.3) is 17.0 Å². The van der Waals surface area contributed by atoms with Gasteiger partial charge in [0.2, 0.25) is 0 Å². The van der Waals surface area contributed by atoms with E-state index in [0.717, 1.165) is 17.8 Å². The van der Waals surface area contributed by atoms with Gasteiger partial charge in [0.1, 0.15) is 0 Å². The number of carboxylic acids is 1. The number of nitrogens with one attached hydrogen (secondary N) is 1. The standard InChI is InChI=1S/C24H16F6N4O3S/c25-23(26,27)15-3-2-13(16(9-15)24(28,29)30)11-34-17-4-1-12(7-14(17)10-31-34)8-18-19(35)32-21(38-18)33-22(5-6-22)20(36)37/h1-4,7-10H,5-6,11H2,(H,36,37)(H,32,33,35)/b18-8+. The summed E-state index contributed by atoms with van der Waals surface area (Å²) in [6.07, 6.45) is -6.19. The van der Waals surface area contributed by atoms with E-state index in [9.17, 15) is 41.0 Å². The van der Waals surface area contributed by atoms with E-state index in [2.05, 4.69) is 15.4 Å². The summed E-state index contributed by atoms with van der Waals surface area (Å²) in [5, 5.41) is 16.6. The Balaban J connectivity index is 1.40. The lowest BCUT2D eigenvalue weighted by Crippen LogP contribution is -2.26. The molecule has 0 atom stereocenters. The Labute approximate surface area is 214 Å². The summed E-state index contributed by atoms with van der Waals surface area (Å²) in [5.74, 6) is -1.51. The number of aliphatic imine (C=N–C) groups is 1. The maximum Gasteiger partial charge on any atom is 0.416 e. The number of thioether (sulfide) groups is 1. The highest BCUT2D eigenvalue weighted by molar-refractivity contribution is 8.18.